The Labute approximate surface area is 74.1 Å². The SMILES string of the molecule is CCC1CCCC(OCCl)C1. The molecule has 0 aromatic heterocycles. The van der Waals surface area contributed by atoms with Crippen molar-refractivity contribution in [1.82, 2.24) is 0 Å². The predicted octanol–water partition coefficient (Wildman–Crippen LogP) is 3.17. The van der Waals surface area contributed by atoms with Crippen LogP contribution in [-0.4, -0.2) is 12.2 Å². The van der Waals surface area contributed by atoms with Crippen molar-refractivity contribution in [3.05, 3.63) is 0 Å². The molecule has 66 valence electrons. The quantitative estimate of drug-likeness (QED) is 0.601. The van der Waals surface area contributed by atoms with Gasteiger partial charge in [-0.2, -0.15) is 0 Å². The molecule has 0 aromatic carbocycles. The van der Waals surface area contributed by atoms with E-state index in [-0.39, 0.29) is 0 Å². The van der Waals surface area contributed by atoms with Crippen molar-refractivity contribution in [1.29, 1.82) is 0 Å². The average molecular weight is 177 g/mol. The summed E-state index contributed by atoms with van der Waals surface area (Å²) in [6.07, 6.45) is 6.89. The van der Waals surface area contributed by atoms with Gasteiger partial charge >= 0.3 is 0 Å². The summed E-state index contributed by atoms with van der Waals surface area (Å²) < 4.78 is 5.38. The number of hydrogen-bond acceptors (Lipinski definition) is 1. The molecule has 0 aliphatic heterocycles. The van der Waals surface area contributed by atoms with Crippen LogP contribution in [0.3, 0.4) is 0 Å². The predicted molar refractivity (Wildman–Crippen MR) is 47.8 cm³/mol. The van der Waals surface area contributed by atoms with E-state index in [1.807, 2.05) is 0 Å². The lowest BCUT2D eigenvalue weighted by Crippen LogP contribution is -2.22. The standard InChI is InChI=1S/C9H17ClO/c1-2-8-4-3-5-9(6-8)11-7-10/h8-9H,2-7H2,1H3. The Morgan fingerprint density at radius 3 is 2.91 bits per heavy atom. The summed E-state index contributed by atoms with van der Waals surface area (Å²) in [5.74, 6) is 0.886. The van der Waals surface area contributed by atoms with Gasteiger partial charge in [0.25, 0.3) is 0 Å². The van der Waals surface area contributed by atoms with Gasteiger partial charge < -0.3 is 4.74 Å². The molecule has 1 aliphatic carbocycles. The molecule has 1 fully saturated rings. The summed E-state index contributed by atoms with van der Waals surface area (Å²) in [6, 6.07) is 0.362. The fourth-order valence-corrected chi connectivity index (χ4v) is 2.03. The summed E-state index contributed by atoms with van der Waals surface area (Å²) in [7, 11) is 0. The second kappa shape index (κ2) is 5.00. The minimum Gasteiger partial charge on any atom is -0.362 e. The molecule has 0 N–H and O–H groups in total. The van der Waals surface area contributed by atoms with Gasteiger partial charge in [-0.05, 0) is 18.8 Å². The molecule has 0 heterocycles. The molecule has 0 aromatic rings. The van der Waals surface area contributed by atoms with E-state index in [2.05, 4.69) is 6.92 Å². The number of halogens is 1. The van der Waals surface area contributed by atoms with Crippen molar-refractivity contribution < 1.29 is 4.74 Å². The van der Waals surface area contributed by atoms with Gasteiger partial charge in [-0.1, -0.05) is 37.8 Å². The van der Waals surface area contributed by atoms with Crippen molar-refractivity contribution in [2.45, 2.75) is 45.1 Å². The van der Waals surface area contributed by atoms with E-state index in [1.54, 1.807) is 0 Å². The maximum atomic E-state index is 5.50. The summed E-state index contributed by atoms with van der Waals surface area (Å²) in [4.78, 5) is 0. The van der Waals surface area contributed by atoms with E-state index < -0.39 is 0 Å². The number of rotatable bonds is 3. The van der Waals surface area contributed by atoms with Crippen molar-refractivity contribution in [2.75, 3.05) is 6.07 Å². The average Bonchev–Trinajstić information content (AvgIpc) is 2.06. The normalized spacial score (nSPS) is 32.2. The molecule has 0 radical (unpaired) electrons. The fraction of sp³-hybridized carbons (Fsp3) is 1.00. The lowest BCUT2D eigenvalue weighted by Gasteiger charge is -2.27. The van der Waals surface area contributed by atoms with E-state index >= 15 is 0 Å². The van der Waals surface area contributed by atoms with Crippen LogP contribution in [0.5, 0.6) is 0 Å². The topological polar surface area (TPSA) is 9.23 Å². The van der Waals surface area contributed by atoms with Gasteiger partial charge in [0.05, 0.1) is 6.10 Å². The first-order valence-corrected chi connectivity index (χ1v) is 5.07. The van der Waals surface area contributed by atoms with Gasteiger partial charge in [-0.25, -0.2) is 0 Å². The van der Waals surface area contributed by atoms with Gasteiger partial charge in [-0.15, -0.1) is 0 Å². The molecule has 1 nitrogen and oxygen atoms in total. The molecule has 2 heteroatoms. The van der Waals surface area contributed by atoms with Crippen LogP contribution in [0.15, 0.2) is 0 Å². The van der Waals surface area contributed by atoms with Crippen LogP contribution in [0, 0.1) is 5.92 Å². The maximum absolute atomic E-state index is 5.50. The van der Waals surface area contributed by atoms with Crippen LogP contribution < -0.4 is 0 Å². The third kappa shape index (κ3) is 3.00. The van der Waals surface area contributed by atoms with E-state index in [0.29, 0.717) is 12.2 Å². The number of hydrogen-bond donors (Lipinski definition) is 0. The Balaban J connectivity index is 2.21. The third-order valence-corrected chi connectivity index (χ3v) is 2.74. The summed E-state index contributed by atoms with van der Waals surface area (Å²) in [6.45, 7) is 2.26. The van der Waals surface area contributed by atoms with Crippen LogP contribution >= 0.6 is 11.6 Å². The minimum absolute atomic E-state index is 0.362. The molecule has 2 atom stereocenters. The van der Waals surface area contributed by atoms with Crippen LogP contribution in [0.2, 0.25) is 0 Å². The molecular formula is C9H17ClO. The largest absolute Gasteiger partial charge is 0.362 e. The zero-order chi connectivity index (χ0) is 8.10. The monoisotopic (exact) mass is 176 g/mol. The van der Waals surface area contributed by atoms with E-state index in [1.165, 1.54) is 32.1 Å². The molecule has 1 rings (SSSR count). The Bertz CT molecular complexity index is 104. The number of alkyl halides is 1. The summed E-state index contributed by atoms with van der Waals surface area (Å²) in [5.41, 5.74) is 0. The van der Waals surface area contributed by atoms with Gasteiger partial charge in [0.2, 0.25) is 0 Å². The second-order valence-corrected chi connectivity index (χ2v) is 3.56. The fourth-order valence-electron chi connectivity index (χ4n) is 1.85. The highest BCUT2D eigenvalue weighted by Gasteiger charge is 2.20. The van der Waals surface area contributed by atoms with E-state index in [0.717, 1.165) is 5.92 Å². The first-order chi connectivity index (χ1) is 5.36. The minimum atomic E-state index is 0.362. The number of ether oxygens (including phenoxy) is 1. The van der Waals surface area contributed by atoms with Gasteiger partial charge in [0.15, 0.2) is 0 Å². The molecule has 1 saturated carbocycles. The summed E-state index contributed by atoms with van der Waals surface area (Å²) >= 11 is 5.50. The molecule has 1 aliphatic rings. The maximum Gasteiger partial charge on any atom is 0.121 e. The van der Waals surface area contributed by atoms with Crippen LogP contribution in [0.4, 0.5) is 0 Å². The highest BCUT2D eigenvalue weighted by molar-refractivity contribution is 6.17. The first-order valence-electron chi connectivity index (χ1n) is 4.54. The first kappa shape index (κ1) is 9.34. The van der Waals surface area contributed by atoms with E-state index in [9.17, 15) is 0 Å². The van der Waals surface area contributed by atoms with Crippen LogP contribution in [0.25, 0.3) is 0 Å². The molecular weight excluding hydrogens is 160 g/mol. The summed E-state index contributed by atoms with van der Waals surface area (Å²) in [5, 5.41) is 0. The molecule has 11 heavy (non-hydrogen) atoms. The molecule has 0 bridgehead atoms. The van der Waals surface area contributed by atoms with E-state index in [4.69, 9.17) is 16.3 Å². The second-order valence-electron chi connectivity index (χ2n) is 3.34. The molecule has 0 spiro atoms. The highest BCUT2D eigenvalue weighted by Crippen LogP contribution is 2.28. The zero-order valence-electron chi connectivity index (χ0n) is 7.18. The van der Waals surface area contributed by atoms with Crippen molar-refractivity contribution in [3.8, 4) is 0 Å². The molecule has 0 saturated heterocycles. The van der Waals surface area contributed by atoms with Crippen molar-refractivity contribution >= 4 is 11.6 Å². The van der Waals surface area contributed by atoms with Crippen molar-refractivity contribution in [2.24, 2.45) is 5.92 Å². The molecule has 2 unspecified atom stereocenters. The Kier molecular flexibility index (Phi) is 4.24. The van der Waals surface area contributed by atoms with Crippen molar-refractivity contribution in [3.63, 3.8) is 0 Å². The Hall–Kier alpha value is 0.250. The van der Waals surface area contributed by atoms with Crippen LogP contribution in [-0.2, 0) is 4.74 Å². The lowest BCUT2D eigenvalue weighted by molar-refractivity contribution is 0.0384. The van der Waals surface area contributed by atoms with Gasteiger partial charge in [0.1, 0.15) is 6.07 Å². The molecule has 0 amide bonds. The lowest BCUT2D eigenvalue weighted by atomic mass is 9.86. The third-order valence-electron chi connectivity index (χ3n) is 2.61. The highest BCUT2D eigenvalue weighted by atomic mass is 35.5. The van der Waals surface area contributed by atoms with Gasteiger partial charge in [-0.3, -0.25) is 0 Å². The Morgan fingerprint density at radius 1 is 1.45 bits per heavy atom. The smallest absolute Gasteiger partial charge is 0.121 e. The van der Waals surface area contributed by atoms with Gasteiger partial charge in [0, 0.05) is 0 Å². The zero-order valence-corrected chi connectivity index (χ0v) is 7.94. The Morgan fingerprint density at radius 2 is 2.27 bits per heavy atom. The van der Waals surface area contributed by atoms with Crippen LogP contribution in [0.1, 0.15) is 39.0 Å².